The molecule has 23 heavy (non-hydrogen) atoms. The number of aliphatic imine (C=N–C) groups is 1. The third-order valence-electron chi connectivity index (χ3n) is 3.91. The zero-order valence-corrected chi connectivity index (χ0v) is 15.8. The van der Waals surface area contributed by atoms with Crippen LogP contribution in [0.25, 0.3) is 0 Å². The van der Waals surface area contributed by atoms with Crippen LogP contribution in [0.15, 0.2) is 29.3 Å². The molecule has 0 saturated heterocycles. The van der Waals surface area contributed by atoms with Crippen molar-refractivity contribution >= 4 is 39.5 Å². The number of thiophene rings is 1. The van der Waals surface area contributed by atoms with Crippen molar-refractivity contribution < 1.29 is 0 Å². The number of aryl methyl sites for hydroxylation is 1. The molecule has 0 spiro atoms. The predicted octanol–water partition coefficient (Wildman–Crippen LogP) is 5.31. The molecule has 1 heterocycles. The monoisotopic (exact) mass is 347 g/mol. The van der Waals surface area contributed by atoms with Gasteiger partial charge >= 0.3 is 0 Å². The van der Waals surface area contributed by atoms with Gasteiger partial charge in [0.1, 0.15) is 5.00 Å². The molecule has 1 aromatic heterocycles. The minimum atomic E-state index is 0.543. The van der Waals surface area contributed by atoms with Crippen LogP contribution in [0.5, 0.6) is 0 Å². The van der Waals surface area contributed by atoms with Crippen LogP contribution in [0.4, 0.5) is 5.00 Å². The second-order valence-corrected chi connectivity index (χ2v) is 7.01. The van der Waals surface area contributed by atoms with Crippen LogP contribution < -0.4 is 4.90 Å². The number of hydrogen-bond donors (Lipinski definition) is 1. The van der Waals surface area contributed by atoms with Crippen LogP contribution in [0.1, 0.15) is 35.4 Å². The Kier molecular flexibility index (Phi) is 5.60. The van der Waals surface area contributed by atoms with Gasteiger partial charge in [0.05, 0.1) is 11.5 Å². The maximum Gasteiger partial charge on any atom is 0.106 e. The molecule has 0 fully saturated rings. The average molecular weight is 348 g/mol. The van der Waals surface area contributed by atoms with Gasteiger partial charge in [-0.25, -0.2) is 0 Å². The van der Waals surface area contributed by atoms with E-state index in [9.17, 15) is 0 Å². The lowest BCUT2D eigenvalue weighted by atomic mass is 9.99. The normalized spacial score (nSPS) is 11.7. The van der Waals surface area contributed by atoms with Gasteiger partial charge in [-0.3, -0.25) is 10.4 Å². The molecule has 0 radical (unpaired) electrons. The summed E-state index contributed by atoms with van der Waals surface area (Å²) in [4.78, 5) is 7.84. The third-order valence-corrected chi connectivity index (χ3v) is 5.39. The van der Waals surface area contributed by atoms with E-state index in [-0.39, 0.29) is 0 Å². The average Bonchev–Trinajstić information content (AvgIpc) is 2.79. The molecular formula is C18H22ClN3S. The molecule has 0 saturated carbocycles. The highest BCUT2D eigenvalue weighted by molar-refractivity contribution is 7.17. The van der Waals surface area contributed by atoms with Crippen LogP contribution in [0.2, 0.25) is 5.02 Å². The molecular weight excluding hydrogens is 326 g/mol. The van der Waals surface area contributed by atoms with Crippen LogP contribution in [-0.2, 0) is 0 Å². The van der Waals surface area contributed by atoms with Gasteiger partial charge in [0.2, 0.25) is 0 Å². The second-order valence-electron chi connectivity index (χ2n) is 5.37. The zero-order valence-electron chi connectivity index (χ0n) is 14.2. The Morgan fingerprint density at radius 1 is 1.26 bits per heavy atom. The Morgan fingerprint density at radius 3 is 2.35 bits per heavy atom. The number of nitrogens with zero attached hydrogens (tertiary/aromatic N) is 2. The van der Waals surface area contributed by atoms with Gasteiger partial charge in [0.15, 0.2) is 0 Å². The van der Waals surface area contributed by atoms with E-state index in [0.29, 0.717) is 10.9 Å². The molecule has 0 aliphatic rings. The molecule has 0 bridgehead atoms. The van der Waals surface area contributed by atoms with Crippen molar-refractivity contribution in [2.75, 3.05) is 18.5 Å². The standard InChI is InChI=1S/C18H22ClN3S/c1-6-22(13(4)20)18-16(11(2)12(3)23-18)17(21-5)14-7-9-15(19)10-8-14/h7-10,20H,6H2,1-5H3. The van der Waals surface area contributed by atoms with Gasteiger partial charge in [0, 0.05) is 34.6 Å². The highest BCUT2D eigenvalue weighted by Gasteiger charge is 2.23. The van der Waals surface area contributed by atoms with Crippen LogP contribution >= 0.6 is 22.9 Å². The van der Waals surface area contributed by atoms with E-state index in [4.69, 9.17) is 17.0 Å². The smallest absolute Gasteiger partial charge is 0.106 e. The SMILES string of the molecule is CCN(C(C)=N)c1sc(C)c(C)c1C(=NC)c1ccc(Cl)cc1. The minimum absolute atomic E-state index is 0.543. The topological polar surface area (TPSA) is 39.5 Å². The Morgan fingerprint density at radius 2 is 1.87 bits per heavy atom. The van der Waals surface area contributed by atoms with Crippen molar-refractivity contribution in [1.82, 2.24) is 0 Å². The van der Waals surface area contributed by atoms with E-state index in [2.05, 4.69) is 25.8 Å². The minimum Gasteiger partial charge on any atom is -0.322 e. The largest absolute Gasteiger partial charge is 0.322 e. The van der Waals surface area contributed by atoms with E-state index in [1.54, 1.807) is 11.3 Å². The lowest BCUT2D eigenvalue weighted by molar-refractivity contribution is 1.05. The van der Waals surface area contributed by atoms with Gasteiger partial charge in [-0.1, -0.05) is 23.7 Å². The van der Waals surface area contributed by atoms with Crippen molar-refractivity contribution in [3.63, 3.8) is 0 Å². The number of hydrogen-bond acceptors (Lipinski definition) is 3. The summed E-state index contributed by atoms with van der Waals surface area (Å²) in [5.41, 5.74) is 4.32. The summed E-state index contributed by atoms with van der Waals surface area (Å²) in [5.74, 6) is 0.543. The summed E-state index contributed by atoms with van der Waals surface area (Å²) in [7, 11) is 1.81. The maximum atomic E-state index is 8.07. The molecule has 1 N–H and O–H groups in total. The Hall–Kier alpha value is -1.65. The van der Waals surface area contributed by atoms with Crippen molar-refractivity contribution in [3.8, 4) is 0 Å². The molecule has 122 valence electrons. The molecule has 0 atom stereocenters. The van der Waals surface area contributed by atoms with Crippen LogP contribution in [0.3, 0.4) is 0 Å². The summed E-state index contributed by atoms with van der Waals surface area (Å²) in [6.45, 7) is 8.90. The van der Waals surface area contributed by atoms with Gasteiger partial charge in [-0.2, -0.15) is 0 Å². The van der Waals surface area contributed by atoms with Crippen molar-refractivity contribution in [3.05, 3.63) is 50.9 Å². The number of halogens is 1. The van der Waals surface area contributed by atoms with Gasteiger partial charge in [0.25, 0.3) is 0 Å². The lowest BCUT2D eigenvalue weighted by Crippen LogP contribution is -2.28. The zero-order chi connectivity index (χ0) is 17.1. The Labute approximate surface area is 147 Å². The lowest BCUT2D eigenvalue weighted by Gasteiger charge is -2.22. The quantitative estimate of drug-likeness (QED) is 0.590. The highest BCUT2D eigenvalue weighted by Crippen LogP contribution is 2.37. The molecule has 0 amide bonds. The van der Waals surface area contributed by atoms with Crippen LogP contribution in [0, 0.1) is 19.3 Å². The maximum absolute atomic E-state index is 8.07. The van der Waals surface area contributed by atoms with E-state index in [1.165, 1.54) is 10.4 Å². The van der Waals surface area contributed by atoms with Crippen molar-refractivity contribution in [2.45, 2.75) is 27.7 Å². The summed E-state index contributed by atoms with van der Waals surface area (Å²) in [6, 6.07) is 7.76. The molecule has 5 heteroatoms. The predicted molar refractivity (Wildman–Crippen MR) is 103 cm³/mol. The molecule has 1 aromatic carbocycles. The first-order valence-corrected chi connectivity index (χ1v) is 8.75. The van der Waals surface area contributed by atoms with Gasteiger partial charge in [-0.05, 0) is 45.4 Å². The first-order valence-electron chi connectivity index (χ1n) is 7.56. The summed E-state index contributed by atoms with van der Waals surface area (Å²) in [6.07, 6.45) is 0. The van der Waals surface area contributed by atoms with E-state index in [0.717, 1.165) is 28.4 Å². The number of benzene rings is 1. The summed E-state index contributed by atoms with van der Waals surface area (Å²) in [5, 5.41) is 9.88. The van der Waals surface area contributed by atoms with E-state index in [1.807, 2.05) is 43.1 Å². The first kappa shape index (κ1) is 17.7. The molecule has 2 rings (SSSR count). The first-order chi connectivity index (χ1) is 10.9. The number of anilines is 1. The molecule has 0 aliphatic carbocycles. The van der Waals surface area contributed by atoms with Crippen LogP contribution in [-0.4, -0.2) is 25.1 Å². The fraction of sp³-hybridized carbons (Fsp3) is 0.333. The Balaban J connectivity index is 2.65. The highest BCUT2D eigenvalue weighted by atomic mass is 35.5. The van der Waals surface area contributed by atoms with E-state index < -0.39 is 0 Å². The molecule has 2 aromatic rings. The summed E-state index contributed by atoms with van der Waals surface area (Å²) < 4.78 is 0. The molecule has 0 unspecified atom stereocenters. The van der Waals surface area contributed by atoms with Gasteiger partial charge < -0.3 is 4.90 Å². The van der Waals surface area contributed by atoms with E-state index >= 15 is 0 Å². The fourth-order valence-electron chi connectivity index (χ4n) is 2.60. The van der Waals surface area contributed by atoms with Gasteiger partial charge in [-0.15, -0.1) is 11.3 Å². The Bertz CT molecular complexity index is 744. The van der Waals surface area contributed by atoms with Crippen molar-refractivity contribution in [2.24, 2.45) is 4.99 Å². The number of nitrogens with one attached hydrogen (secondary N) is 1. The summed E-state index contributed by atoms with van der Waals surface area (Å²) >= 11 is 7.73. The van der Waals surface area contributed by atoms with Crippen molar-refractivity contribution in [1.29, 1.82) is 5.41 Å². The second kappa shape index (κ2) is 7.28. The fourth-order valence-corrected chi connectivity index (χ4v) is 4.00. The third kappa shape index (κ3) is 3.48. The number of amidine groups is 1. The molecule has 0 aliphatic heterocycles. The number of rotatable bonds is 4. The molecule has 3 nitrogen and oxygen atoms in total.